The van der Waals surface area contributed by atoms with Crippen molar-refractivity contribution in [1.82, 2.24) is 9.97 Å². The second-order valence-corrected chi connectivity index (χ2v) is 6.48. The Morgan fingerprint density at radius 1 is 1.00 bits per heavy atom. The summed E-state index contributed by atoms with van der Waals surface area (Å²) in [5.74, 6) is 1.79. The van der Waals surface area contributed by atoms with Gasteiger partial charge < -0.3 is 4.98 Å². The highest BCUT2D eigenvalue weighted by molar-refractivity contribution is 5.55. The van der Waals surface area contributed by atoms with Crippen molar-refractivity contribution < 1.29 is 0 Å². The first kappa shape index (κ1) is 15.5. The van der Waals surface area contributed by atoms with Gasteiger partial charge in [-0.3, -0.25) is 4.79 Å². The van der Waals surface area contributed by atoms with Crippen molar-refractivity contribution in [3.8, 4) is 11.4 Å². The van der Waals surface area contributed by atoms with Gasteiger partial charge in [0.25, 0.3) is 5.56 Å². The molecule has 0 aliphatic heterocycles. The number of rotatable bonds is 5. The molecule has 21 heavy (non-hydrogen) atoms. The Hall–Kier alpha value is -1.90. The Kier molecular flexibility index (Phi) is 4.94. The molecule has 0 aliphatic rings. The van der Waals surface area contributed by atoms with Crippen molar-refractivity contribution in [2.24, 2.45) is 11.8 Å². The highest BCUT2D eigenvalue weighted by atomic mass is 16.1. The van der Waals surface area contributed by atoms with E-state index < -0.39 is 0 Å². The molecule has 0 spiro atoms. The maximum atomic E-state index is 11.8. The molecule has 3 nitrogen and oxygen atoms in total. The van der Waals surface area contributed by atoms with Crippen LogP contribution in [0.2, 0.25) is 0 Å². The molecule has 0 fully saturated rings. The van der Waals surface area contributed by atoms with Crippen LogP contribution in [0, 0.1) is 11.8 Å². The number of hydrogen-bond donors (Lipinski definition) is 1. The summed E-state index contributed by atoms with van der Waals surface area (Å²) >= 11 is 0. The van der Waals surface area contributed by atoms with Crippen LogP contribution in [-0.2, 0) is 12.8 Å². The predicted octanol–water partition coefficient (Wildman–Crippen LogP) is 3.83. The molecule has 0 amide bonds. The van der Waals surface area contributed by atoms with Crippen LogP contribution >= 0.6 is 0 Å². The van der Waals surface area contributed by atoms with E-state index >= 15 is 0 Å². The van der Waals surface area contributed by atoms with Gasteiger partial charge in [-0.1, -0.05) is 52.0 Å². The SMILES string of the molecule is CC(C)Cc1ccc(-c2nc(CC(C)C)cc(=O)[nH]2)cc1. The Balaban J connectivity index is 2.28. The molecule has 3 heteroatoms. The molecule has 0 unspecified atom stereocenters. The molecule has 1 aromatic carbocycles. The summed E-state index contributed by atoms with van der Waals surface area (Å²) in [5, 5.41) is 0. The van der Waals surface area contributed by atoms with E-state index in [2.05, 4.69) is 49.8 Å². The number of aromatic amines is 1. The van der Waals surface area contributed by atoms with Gasteiger partial charge in [0.15, 0.2) is 0 Å². The second kappa shape index (κ2) is 6.70. The van der Waals surface area contributed by atoms with Crippen LogP contribution in [0.1, 0.15) is 39.0 Å². The molecule has 0 saturated carbocycles. The zero-order valence-corrected chi connectivity index (χ0v) is 13.3. The Labute approximate surface area is 126 Å². The summed E-state index contributed by atoms with van der Waals surface area (Å²) in [6.07, 6.45) is 1.89. The summed E-state index contributed by atoms with van der Waals surface area (Å²) in [5.41, 5.74) is 3.05. The number of benzene rings is 1. The minimum Gasteiger partial charge on any atom is -0.307 e. The number of H-pyrrole nitrogens is 1. The zero-order valence-electron chi connectivity index (χ0n) is 13.3. The highest BCUT2D eigenvalue weighted by Crippen LogP contribution is 2.17. The molecule has 0 bridgehead atoms. The quantitative estimate of drug-likeness (QED) is 0.907. The third-order valence-electron chi connectivity index (χ3n) is 3.28. The molecule has 112 valence electrons. The van der Waals surface area contributed by atoms with E-state index in [0.717, 1.165) is 24.1 Å². The van der Waals surface area contributed by atoms with Gasteiger partial charge in [0.05, 0.1) is 0 Å². The topological polar surface area (TPSA) is 45.8 Å². The smallest absolute Gasteiger partial charge is 0.251 e. The monoisotopic (exact) mass is 284 g/mol. The molecule has 1 aromatic heterocycles. The summed E-state index contributed by atoms with van der Waals surface area (Å²) in [4.78, 5) is 19.2. The Morgan fingerprint density at radius 2 is 1.62 bits per heavy atom. The number of hydrogen-bond acceptors (Lipinski definition) is 2. The van der Waals surface area contributed by atoms with E-state index in [9.17, 15) is 4.79 Å². The van der Waals surface area contributed by atoms with Crippen LogP contribution in [0.5, 0.6) is 0 Å². The van der Waals surface area contributed by atoms with Gasteiger partial charge in [-0.05, 0) is 30.2 Å². The third-order valence-corrected chi connectivity index (χ3v) is 3.28. The lowest BCUT2D eigenvalue weighted by Crippen LogP contribution is -2.11. The molecule has 1 N–H and O–H groups in total. The Bertz CT molecular complexity index is 639. The fourth-order valence-corrected chi connectivity index (χ4v) is 2.44. The first-order valence-electron chi connectivity index (χ1n) is 7.63. The molecule has 0 radical (unpaired) electrons. The average Bonchev–Trinajstić information content (AvgIpc) is 2.37. The van der Waals surface area contributed by atoms with Crippen LogP contribution in [0.4, 0.5) is 0 Å². The van der Waals surface area contributed by atoms with Crippen molar-refractivity contribution in [2.75, 3.05) is 0 Å². The standard InChI is InChI=1S/C18H24N2O/c1-12(2)9-14-5-7-15(8-6-14)18-19-16(10-13(3)4)11-17(21)20-18/h5-8,11-13H,9-10H2,1-4H3,(H,19,20,21). The fraction of sp³-hybridized carbons (Fsp3) is 0.444. The zero-order chi connectivity index (χ0) is 15.4. The molecule has 0 atom stereocenters. The number of nitrogens with zero attached hydrogens (tertiary/aromatic N) is 1. The van der Waals surface area contributed by atoms with Crippen molar-refractivity contribution in [1.29, 1.82) is 0 Å². The maximum Gasteiger partial charge on any atom is 0.251 e. The minimum absolute atomic E-state index is 0.0816. The number of nitrogens with one attached hydrogen (secondary N) is 1. The second-order valence-electron chi connectivity index (χ2n) is 6.48. The van der Waals surface area contributed by atoms with E-state index in [4.69, 9.17) is 0 Å². The largest absolute Gasteiger partial charge is 0.307 e. The van der Waals surface area contributed by atoms with E-state index in [1.54, 1.807) is 6.07 Å². The van der Waals surface area contributed by atoms with E-state index in [0.29, 0.717) is 17.7 Å². The summed E-state index contributed by atoms with van der Waals surface area (Å²) in [6.45, 7) is 8.68. The van der Waals surface area contributed by atoms with Gasteiger partial charge >= 0.3 is 0 Å². The number of aromatic nitrogens is 2. The molecule has 2 rings (SSSR count). The molecule has 0 saturated heterocycles. The predicted molar refractivity (Wildman–Crippen MR) is 87.4 cm³/mol. The first-order chi connectivity index (χ1) is 9.94. The summed E-state index contributed by atoms with van der Waals surface area (Å²) < 4.78 is 0. The lowest BCUT2D eigenvalue weighted by atomic mass is 10.0. The normalized spacial score (nSPS) is 11.3. The van der Waals surface area contributed by atoms with Crippen LogP contribution in [0.15, 0.2) is 35.1 Å². The van der Waals surface area contributed by atoms with E-state index in [-0.39, 0.29) is 5.56 Å². The lowest BCUT2D eigenvalue weighted by Gasteiger charge is -2.08. The van der Waals surface area contributed by atoms with Crippen molar-refractivity contribution >= 4 is 0 Å². The van der Waals surface area contributed by atoms with Crippen LogP contribution in [-0.4, -0.2) is 9.97 Å². The average molecular weight is 284 g/mol. The first-order valence-corrected chi connectivity index (χ1v) is 7.63. The summed E-state index contributed by atoms with van der Waals surface area (Å²) in [6, 6.07) is 9.90. The van der Waals surface area contributed by atoms with Gasteiger partial charge in [-0.2, -0.15) is 0 Å². The molecule has 1 heterocycles. The van der Waals surface area contributed by atoms with Gasteiger partial charge in [0, 0.05) is 17.3 Å². The third kappa shape index (κ3) is 4.55. The Morgan fingerprint density at radius 3 is 2.19 bits per heavy atom. The molecular weight excluding hydrogens is 260 g/mol. The molecule has 0 aliphatic carbocycles. The van der Waals surface area contributed by atoms with Crippen LogP contribution < -0.4 is 5.56 Å². The van der Waals surface area contributed by atoms with E-state index in [1.165, 1.54) is 5.56 Å². The van der Waals surface area contributed by atoms with Gasteiger partial charge in [0.2, 0.25) is 0 Å². The van der Waals surface area contributed by atoms with Gasteiger partial charge in [-0.25, -0.2) is 4.98 Å². The van der Waals surface area contributed by atoms with Crippen molar-refractivity contribution in [3.05, 3.63) is 51.9 Å². The highest BCUT2D eigenvalue weighted by Gasteiger charge is 2.06. The van der Waals surface area contributed by atoms with Crippen LogP contribution in [0.25, 0.3) is 11.4 Å². The van der Waals surface area contributed by atoms with Gasteiger partial charge in [-0.15, -0.1) is 0 Å². The van der Waals surface area contributed by atoms with E-state index in [1.807, 2.05) is 12.1 Å². The van der Waals surface area contributed by atoms with Crippen molar-refractivity contribution in [3.63, 3.8) is 0 Å². The van der Waals surface area contributed by atoms with Gasteiger partial charge in [0.1, 0.15) is 5.82 Å². The maximum absolute atomic E-state index is 11.8. The molecule has 2 aromatic rings. The lowest BCUT2D eigenvalue weighted by molar-refractivity contribution is 0.634. The van der Waals surface area contributed by atoms with Crippen LogP contribution in [0.3, 0.4) is 0 Å². The fourth-order valence-electron chi connectivity index (χ4n) is 2.44. The van der Waals surface area contributed by atoms with Crippen molar-refractivity contribution in [2.45, 2.75) is 40.5 Å². The molecular formula is C18H24N2O. The summed E-state index contributed by atoms with van der Waals surface area (Å²) in [7, 11) is 0. The minimum atomic E-state index is -0.0816.